The van der Waals surface area contributed by atoms with Crippen molar-refractivity contribution in [3.63, 3.8) is 0 Å². The van der Waals surface area contributed by atoms with Crippen LogP contribution in [0.3, 0.4) is 0 Å². The highest BCUT2D eigenvalue weighted by molar-refractivity contribution is 5.75. The Kier molecular flexibility index (Phi) is 4.29. The Labute approximate surface area is 126 Å². The highest BCUT2D eigenvalue weighted by atomic mass is 16.5. The van der Waals surface area contributed by atoms with Crippen molar-refractivity contribution in [2.45, 2.75) is 63.4 Å². The molecule has 1 aromatic carbocycles. The van der Waals surface area contributed by atoms with Gasteiger partial charge in [-0.3, -0.25) is 4.79 Å². The highest BCUT2D eigenvalue weighted by Crippen LogP contribution is 2.39. The summed E-state index contributed by atoms with van der Waals surface area (Å²) in [4.78, 5) is 12.2. The SMILES string of the molecule is O=C(Oc1cccc(C2(O)CCCC2)c1)C1CCCCC1. The largest absolute Gasteiger partial charge is 0.426 e. The predicted molar refractivity (Wildman–Crippen MR) is 81.0 cm³/mol. The Balaban J connectivity index is 1.69. The van der Waals surface area contributed by atoms with Gasteiger partial charge in [-0.15, -0.1) is 0 Å². The fourth-order valence-electron chi connectivity index (χ4n) is 3.64. The number of hydrogen-bond donors (Lipinski definition) is 1. The van der Waals surface area contributed by atoms with E-state index in [0.29, 0.717) is 5.75 Å². The Hall–Kier alpha value is -1.35. The second kappa shape index (κ2) is 6.18. The van der Waals surface area contributed by atoms with Crippen LogP contribution in [0, 0.1) is 5.92 Å². The van der Waals surface area contributed by atoms with Gasteiger partial charge in [0.2, 0.25) is 0 Å². The van der Waals surface area contributed by atoms with E-state index in [0.717, 1.165) is 56.9 Å². The molecule has 0 unspecified atom stereocenters. The third kappa shape index (κ3) is 3.29. The maximum absolute atomic E-state index is 12.2. The van der Waals surface area contributed by atoms with Gasteiger partial charge in [0.05, 0.1) is 11.5 Å². The first kappa shape index (κ1) is 14.6. The molecule has 0 amide bonds. The van der Waals surface area contributed by atoms with Crippen molar-refractivity contribution in [2.75, 3.05) is 0 Å². The number of benzene rings is 1. The molecule has 0 heterocycles. The van der Waals surface area contributed by atoms with Gasteiger partial charge in [0.15, 0.2) is 0 Å². The summed E-state index contributed by atoms with van der Waals surface area (Å²) in [5, 5.41) is 10.6. The molecule has 2 aliphatic rings. The predicted octanol–water partition coefficient (Wildman–Crippen LogP) is 3.93. The summed E-state index contributed by atoms with van der Waals surface area (Å²) in [6.07, 6.45) is 9.08. The Morgan fingerprint density at radius 1 is 1.10 bits per heavy atom. The summed E-state index contributed by atoms with van der Waals surface area (Å²) in [5.74, 6) is 0.519. The molecule has 2 aliphatic carbocycles. The lowest BCUT2D eigenvalue weighted by Crippen LogP contribution is -2.23. The van der Waals surface area contributed by atoms with Crippen molar-refractivity contribution in [1.29, 1.82) is 0 Å². The molecule has 0 bridgehead atoms. The quantitative estimate of drug-likeness (QED) is 0.677. The molecule has 1 aromatic rings. The average Bonchev–Trinajstić information content (AvgIpc) is 2.97. The van der Waals surface area contributed by atoms with Crippen LogP contribution in [0.4, 0.5) is 0 Å². The zero-order chi connectivity index (χ0) is 14.7. The van der Waals surface area contributed by atoms with Gasteiger partial charge in [-0.2, -0.15) is 0 Å². The van der Waals surface area contributed by atoms with Crippen LogP contribution in [0.2, 0.25) is 0 Å². The summed E-state index contributed by atoms with van der Waals surface area (Å²) < 4.78 is 5.55. The van der Waals surface area contributed by atoms with Gasteiger partial charge >= 0.3 is 5.97 Å². The number of carbonyl (C=O) groups excluding carboxylic acids is 1. The molecule has 0 radical (unpaired) electrons. The van der Waals surface area contributed by atoms with Gasteiger partial charge in [0.25, 0.3) is 0 Å². The van der Waals surface area contributed by atoms with E-state index in [2.05, 4.69) is 0 Å². The molecule has 0 saturated heterocycles. The molecule has 0 aromatic heterocycles. The topological polar surface area (TPSA) is 46.5 Å². The van der Waals surface area contributed by atoms with Gasteiger partial charge in [-0.25, -0.2) is 0 Å². The number of esters is 1. The summed E-state index contributed by atoms with van der Waals surface area (Å²) in [7, 11) is 0. The molecule has 2 saturated carbocycles. The zero-order valence-corrected chi connectivity index (χ0v) is 12.5. The van der Waals surface area contributed by atoms with E-state index in [1.807, 2.05) is 24.3 Å². The molecule has 3 rings (SSSR count). The van der Waals surface area contributed by atoms with Crippen molar-refractivity contribution in [1.82, 2.24) is 0 Å². The average molecular weight is 288 g/mol. The Bertz CT molecular complexity index is 497. The Morgan fingerprint density at radius 2 is 1.81 bits per heavy atom. The fourth-order valence-corrected chi connectivity index (χ4v) is 3.64. The summed E-state index contributed by atoms with van der Waals surface area (Å²) in [6, 6.07) is 7.45. The van der Waals surface area contributed by atoms with Gasteiger partial charge in [0, 0.05) is 0 Å². The number of rotatable bonds is 3. The van der Waals surface area contributed by atoms with Crippen molar-refractivity contribution in [3.8, 4) is 5.75 Å². The van der Waals surface area contributed by atoms with Crippen LogP contribution in [0.15, 0.2) is 24.3 Å². The van der Waals surface area contributed by atoms with Gasteiger partial charge in [-0.05, 0) is 43.4 Å². The van der Waals surface area contributed by atoms with Crippen LogP contribution in [-0.2, 0) is 10.4 Å². The molecule has 0 spiro atoms. The van der Waals surface area contributed by atoms with E-state index in [9.17, 15) is 9.90 Å². The van der Waals surface area contributed by atoms with Crippen molar-refractivity contribution in [2.24, 2.45) is 5.92 Å². The molecule has 3 nitrogen and oxygen atoms in total. The number of aliphatic hydroxyl groups is 1. The first-order chi connectivity index (χ1) is 10.2. The van der Waals surface area contributed by atoms with Gasteiger partial charge in [-0.1, -0.05) is 44.2 Å². The van der Waals surface area contributed by atoms with E-state index in [1.165, 1.54) is 6.42 Å². The third-order valence-electron chi connectivity index (χ3n) is 4.96. The fraction of sp³-hybridized carbons (Fsp3) is 0.611. The van der Waals surface area contributed by atoms with Crippen molar-refractivity contribution in [3.05, 3.63) is 29.8 Å². The Morgan fingerprint density at radius 3 is 2.52 bits per heavy atom. The first-order valence-electron chi connectivity index (χ1n) is 8.22. The molecule has 2 fully saturated rings. The standard InChI is InChI=1S/C18H24O3/c19-17(14-7-2-1-3-8-14)21-16-10-6-9-15(13-16)18(20)11-4-5-12-18/h6,9-10,13-14,20H,1-5,7-8,11-12H2. The number of hydrogen-bond acceptors (Lipinski definition) is 3. The molecule has 21 heavy (non-hydrogen) atoms. The molecule has 1 N–H and O–H groups in total. The summed E-state index contributed by atoms with van der Waals surface area (Å²) in [5.41, 5.74) is 0.154. The van der Waals surface area contributed by atoms with Crippen LogP contribution in [0.5, 0.6) is 5.75 Å². The molecular formula is C18H24O3. The van der Waals surface area contributed by atoms with E-state index in [-0.39, 0.29) is 11.9 Å². The van der Waals surface area contributed by atoms with Gasteiger partial charge in [0.1, 0.15) is 5.75 Å². The van der Waals surface area contributed by atoms with Crippen molar-refractivity contribution < 1.29 is 14.6 Å². The van der Waals surface area contributed by atoms with Crippen LogP contribution >= 0.6 is 0 Å². The first-order valence-corrected chi connectivity index (χ1v) is 8.22. The molecule has 3 heteroatoms. The van der Waals surface area contributed by atoms with E-state index in [1.54, 1.807) is 0 Å². The maximum atomic E-state index is 12.2. The van der Waals surface area contributed by atoms with Crippen LogP contribution < -0.4 is 4.74 Å². The normalized spacial score (nSPS) is 22.1. The zero-order valence-electron chi connectivity index (χ0n) is 12.5. The van der Waals surface area contributed by atoms with E-state index < -0.39 is 5.60 Å². The number of ether oxygens (including phenoxy) is 1. The summed E-state index contributed by atoms with van der Waals surface area (Å²) in [6.45, 7) is 0. The number of carbonyl (C=O) groups is 1. The second-order valence-electron chi connectivity index (χ2n) is 6.52. The molecule has 114 valence electrons. The lowest BCUT2D eigenvalue weighted by atomic mass is 9.89. The van der Waals surface area contributed by atoms with Crippen LogP contribution in [-0.4, -0.2) is 11.1 Å². The van der Waals surface area contributed by atoms with Crippen LogP contribution in [0.1, 0.15) is 63.4 Å². The van der Waals surface area contributed by atoms with Crippen LogP contribution in [0.25, 0.3) is 0 Å². The third-order valence-corrected chi connectivity index (χ3v) is 4.96. The molecule has 0 atom stereocenters. The lowest BCUT2D eigenvalue weighted by Gasteiger charge is -2.24. The van der Waals surface area contributed by atoms with E-state index in [4.69, 9.17) is 4.74 Å². The smallest absolute Gasteiger partial charge is 0.314 e. The molecular weight excluding hydrogens is 264 g/mol. The highest BCUT2D eigenvalue weighted by Gasteiger charge is 2.33. The lowest BCUT2D eigenvalue weighted by molar-refractivity contribution is -0.140. The van der Waals surface area contributed by atoms with E-state index >= 15 is 0 Å². The molecule has 0 aliphatic heterocycles. The van der Waals surface area contributed by atoms with Gasteiger partial charge < -0.3 is 9.84 Å². The monoisotopic (exact) mass is 288 g/mol. The minimum Gasteiger partial charge on any atom is -0.426 e. The maximum Gasteiger partial charge on any atom is 0.314 e. The summed E-state index contributed by atoms with van der Waals surface area (Å²) >= 11 is 0. The van der Waals surface area contributed by atoms with Crippen molar-refractivity contribution >= 4 is 5.97 Å². The minimum absolute atomic E-state index is 0.0528. The second-order valence-corrected chi connectivity index (χ2v) is 6.52. The minimum atomic E-state index is -0.729.